The molecule has 15 heavy (non-hydrogen) atoms. The molecule has 1 aliphatic carbocycles. The number of benzene rings is 1. The molecule has 1 saturated carbocycles. The third-order valence-electron chi connectivity index (χ3n) is 2.22. The van der Waals surface area contributed by atoms with E-state index in [0.717, 1.165) is 12.8 Å². The fourth-order valence-corrected chi connectivity index (χ4v) is 1.24. The molecular weight excluding hydrogens is 192 g/mol. The lowest BCUT2D eigenvalue weighted by molar-refractivity contribution is -0.121. The second-order valence-electron chi connectivity index (χ2n) is 3.58. The Hall–Kier alpha value is -1.84. The van der Waals surface area contributed by atoms with Crippen LogP contribution in [0.3, 0.4) is 0 Å². The predicted molar refractivity (Wildman–Crippen MR) is 56.3 cm³/mol. The summed E-state index contributed by atoms with van der Waals surface area (Å²) in [6, 6.07) is 8.57. The summed E-state index contributed by atoms with van der Waals surface area (Å²) in [6.07, 6.45) is 1.79. The van der Waals surface area contributed by atoms with Crippen molar-refractivity contribution >= 4 is 17.6 Å². The number of imide groups is 1. The second-order valence-corrected chi connectivity index (χ2v) is 3.58. The molecule has 0 spiro atoms. The number of carbonyl (C=O) groups excluding carboxylic acids is 2. The van der Waals surface area contributed by atoms with Gasteiger partial charge in [-0.2, -0.15) is 0 Å². The van der Waals surface area contributed by atoms with Gasteiger partial charge in [-0.3, -0.25) is 10.1 Å². The first kappa shape index (κ1) is 9.71. The zero-order chi connectivity index (χ0) is 10.7. The molecule has 0 saturated heterocycles. The predicted octanol–water partition coefficient (Wildman–Crippen LogP) is 1.74. The number of amides is 3. The maximum Gasteiger partial charge on any atom is 0.325 e. The lowest BCUT2D eigenvalue weighted by atomic mass is 10.3. The van der Waals surface area contributed by atoms with Crippen molar-refractivity contribution < 1.29 is 9.59 Å². The highest BCUT2D eigenvalue weighted by molar-refractivity contribution is 6.02. The third-order valence-corrected chi connectivity index (χ3v) is 2.22. The number of hydrogen-bond donors (Lipinski definition) is 2. The van der Waals surface area contributed by atoms with Gasteiger partial charge < -0.3 is 5.32 Å². The van der Waals surface area contributed by atoms with Crippen LogP contribution in [0.15, 0.2) is 30.3 Å². The molecule has 3 amide bonds. The normalized spacial score (nSPS) is 14.4. The Kier molecular flexibility index (Phi) is 2.67. The molecule has 0 radical (unpaired) electrons. The summed E-state index contributed by atoms with van der Waals surface area (Å²) in [5.74, 6) is -0.130. The molecule has 0 aliphatic heterocycles. The van der Waals surface area contributed by atoms with E-state index in [4.69, 9.17) is 0 Å². The number of hydrogen-bond acceptors (Lipinski definition) is 2. The number of rotatable bonds is 2. The molecule has 0 aromatic heterocycles. The van der Waals surface area contributed by atoms with Gasteiger partial charge in [0.25, 0.3) is 0 Å². The van der Waals surface area contributed by atoms with Gasteiger partial charge >= 0.3 is 6.03 Å². The Labute approximate surface area is 87.7 Å². The average Bonchev–Trinajstić information content (AvgIpc) is 3.01. The SMILES string of the molecule is O=C(NC(=O)C1CC1)Nc1ccccc1. The third kappa shape index (κ3) is 2.80. The van der Waals surface area contributed by atoms with E-state index in [-0.39, 0.29) is 11.8 Å². The van der Waals surface area contributed by atoms with Gasteiger partial charge in [-0.05, 0) is 25.0 Å². The first-order valence-electron chi connectivity index (χ1n) is 4.92. The first-order chi connectivity index (χ1) is 7.25. The highest BCUT2D eigenvalue weighted by Crippen LogP contribution is 2.28. The van der Waals surface area contributed by atoms with Gasteiger partial charge in [0.15, 0.2) is 0 Å². The van der Waals surface area contributed by atoms with Crippen molar-refractivity contribution in [3.63, 3.8) is 0 Å². The van der Waals surface area contributed by atoms with Crippen LogP contribution in [0.1, 0.15) is 12.8 Å². The molecule has 2 N–H and O–H groups in total. The van der Waals surface area contributed by atoms with E-state index in [0.29, 0.717) is 5.69 Å². The lowest BCUT2D eigenvalue weighted by Gasteiger charge is -2.05. The molecule has 4 nitrogen and oxygen atoms in total. The van der Waals surface area contributed by atoms with Crippen LogP contribution in [-0.2, 0) is 4.79 Å². The van der Waals surface area contributed by atoms with E-state index in [1.165, 1.54) is 0 Å². The highest BCUT2D eigenvalue weighted by atomic mass is 16.2. The van der Waals surface area contributed by atoms with Crippen LogP contribution in [0.5, 0.6) is 0 Å². The Balaban J connectivity index is 1.84. The number of nitrogens with one attached hydrogen (secondary N) is 2. The molecule has 1 aromatic carbocycles. The summed E-state index contributed by atoms with van der Waals surface area (Å²) >= 11 is 0. The summed E-state index contributed by atoms with van der Waals surface area (Å²) < 4.78 is 0. The van der Waals surface area contributed by atoms with Gasteiger partial charge in [-0.1, -0.05) is 18.2 Å². The second kappa shape index (κ2) is 4.13. The van der Waals surface area contributed by atoms with Gasteiger partial charge in [0.1, 0.15) is 0 Å². The molecule has 0 heterocycles. The Morgan fingerprint density at radius 1 is 1.13 bits per heavy atom. The number of anilines is 1. The van der Waals surface area contributed by atoms with E-state index in [2.05, 4.69) is 10.6 Å². The van der Waals surface area contributed by atoms with Crippen molar-refractivity contribution in [2.24, 2.45) is 5.92 Å². The summed E-state index contributed by atoms with van der Waals surface area (Å²) in [6.45, 7) is 0. The summed E-state index contributed by atoms with van der Waals surface area (Å²) in [5.41, 5.74) is 0.679. The van der Waals surface area contributed by atoms with Crippen molar-refractivity contribution in [3.05, 3.63) is 30.3 Å². The van der Waals surface area contributed by atoms with Crippen LogP contribution in [0, 0.1) is 5.92 Å². The van der Waals surface area contributed by atoms with Crippen molar-refractivity contribution in [1.82, 2.24) is 5.32 Å². The van der Waals surface area contributed by atoms with E-state index < -0.39 is 6.03 Å². The van der Waals surface area contributed by atoms with E-state index in [9.17, 15) is 9.59 Å². The molecule has 4 heteroatoms. The molecule has 0 unspecified atom stereocenters. The largest absolute Gasteiger partial charge is 0.325 e. The summed E-state index contributed by atoms with van der Waals surface area (Å²) in [4.78, 5) is 22.5. The van der Waals surface area contributed by atoms with Gasteiger partial charge in [0.05, 0.1) is 0 Å². The average molecular weight is 204 g/mol. The van der Waals surface area contributed by atoms with Crippen LogP contribution >= 0.6 is 0 Å². The zero-order valence-corrected chi connectivity index (χ0v) is 8.19. The van der Waals surface area contributed by atoms with Gasteiger partial charge in [-0.25, -0.2) is 4.79 Å². The van der Waals surface area contributed by atoms with Crippen LogP contribution in [-0.4, -0.2) is 11.9 Å². The number of para-hydroxylation sites is 1. The maximum atomic E-state index is 11.3. The topological polar surface area (TPSA) is 58.2 Å². The zero-order valence-electron chi connectivity index (χ0n) is 8.19. The fraction of sp³-hybridized carbons (Fsp3) is 0.273. The molecule has 78 valence electrons. The smallest absolute Gasteiger partial charge is 0.308 e. The Bertz CT molecular complexity index is 371. The van der Waals surface area contributed by atoms with Crippen molar-refractivity contribution in [3.8, 4) is 0 Å². The minimum Gasteiger partial charge on any atom is -0.308 e. The van der Waals surface area contributed by atoms with Crippen molar-refractivity contribution in [2.45, 2.75) is 12.8 Å². The minimum absolute atomic E-state index is 0.0477. The molecular formula is C11H12N2O2. The van der Waals surface area contributed by atoms with Crippen LogP contribution in [0.25, 0.3) is 0 Å². The summed E-state index contributed by atoms with van der Waals surface area (Å²) in [7, 11) is 0. The van der Waals surface area contributed by atoms with E-state index in [1.807, 2.05) is 18.2 Å². The molecule has 2 rings (SSSR count). The maximum absolute atomic E-state index is 11.3. The molecule has 0 atom stereocenters. The first-order valence-corrected chi connectivity index (χ1v) is 4.92. The molecule has 0 bridgehead atoms. The number of urea groups is 1. The molecule has 1 fully saturated rings. The monoisotopic (exact) mass is 204 g/mol. The van der Waals surface area contributed by atoms with E-state index >= 15 is 0 Å². The standard InChI is InChI=1S/C11H12N2O2/c14-10(8-6-7-8)13-11(15)12-9-4-2-1-3-5-9/h1-5,8H,6-7H2,(H2,12,13,14,15). The Morgan fingerprint density at radius 3 is 2.40 bits per heavy atom. The molecule has 1 aromatic rings. The summed E-state index contributed by atoms with van der Waals surface area (Å²) in [5, 5.41) is 4.89. The molecule has 1 aliphatic rings. The van der Waals surface area contributed by atoms with Crippen molar-refractivity contribution in [2.75, 3.05) is 5.32 Å². The quantitative estimate of drug-likeness (QED) is 0.771. The van der Waals surface area contributed by atoms with Gasteiger partial charge in [0, 0.05) is 11.6 Å². The minimum atomic E-state index is -0.460. The van der Waals surface area contributed by atoms with Crippen LogP contribution in [0.4, 0.5) is 10.5 Å². The highest BCUT2D eigenvalue weighted by Gasteiger charge is 2.30. The van der Waals surface area contributed by atoms with Gasteiger partial charge in [0.2, 0.25) is 5.91 Å². The fourth-order valence-electron chi connectivity index (χ4n) is 1.24. The van der Waals surface area contributed by atoms with Crippen LogP contribution < -0.4 is 10.6 Å². The number of carbonyl (C=O) groups is 2. The van der Waals surface area contributed by atoms with Crippen LogP contribution in [0.2, 0.25) is 0 Å². The van der Waals surface area contributed by atoms with Crippen molar-refractivity contribution in [1.29, 1.82) is 0 Å². The van der Waals surface area contributed by atoms with E-state index in [1.54, 1.807) is 12.1 Å². The Morgan fingerprint density at radius 2 is 1.80 bits per heavy atom. The van der Waals surface area contributed by atoms with Gasteiger partial charge in [-0.15, -0.1) is 0 Å². The lowest BCUT2D eigenvalue weighted by Crippen LogP contribution is -2.35.